The van der Waals surface area contributed by atoms with Gasteiger partial charge in [-0.2, -0.15) is 0 Å². The number of hydrogen-bond donors (Lipinski definition) is 2. The number of anilines is 2. The van der Waals surface area contributed by atoms with E-state index in [0.717, 1.165) is 11.3 Å². The van der Waals surface area contributed by atoms with Gasteiger partial charge in [0, 0.05) is 5.69 Å². The number of carbonyl (C=O) groups excluding carboxylic acids is 2. The Balaban J connectivity index is 1.54. The Labute approximate surface area is 180 Å². The number of esters is 1. The minimum absolute atomic E-state index is 0.157. The maximum absolute atomic E-state index is 12.3. The second-order valence-corrected chi connectivity index (χ2v) is 6.61. The van der Waals surface area contributed by atoms with Crippen LogP contribution in [0.5, 0.6) is 11.5 Å². The van der Waals surface area contributed by atoms with Crippen LogP contribution in [0.4, 0.5) is 11.4 Å². The topological polar surface area (TPSA) is 99.9 Å². The minimum Gasteiger partial charge on any atom is -0.494 e. The lowest BCUT2D eigenvalue weighted by atomic mass is 10.2. The number of nitrogen functional groups attached to an aromatic ring is 1. The summed E-state index contributed by atoms with van der Waals surface area (Å²) in [5, 5.41) is 2.72. The van der Waals surface area contributed by atoms with E-state index in [0.29, 0.717) is 18.0 Å². The average Bonchev–Trinajstić information content (AvgIpc) is 2.79. The van der Waals surface area contributed by atoms with Gasteiger partial charge < -0.3 is 25.3 Å². The fourth-order valence-corrected chi connectivity index (χ4v) is 2.73. The molecular weight excluding hydrogens is 396 g/mol. The number of carbonyl (C=O) groups is 2. The summed E-state index contributed by atoms with van der Waals surface area (Å²) in [5.74, 6) is 0.0876. The molecule has 0 aliphatic heterocycles. The molecule has 3 aromatic carbocycles. The highest BCUT2D eigenvalue weighted by molar-refractivity contribution is 5.92. The van der Waals surface area contributed by atoms with Crippen molar-refractivity contribution in [2.45, 2.75) is 13.5 Å². The summed E-state index contributed by atoms with van der Waals surface area (Å²) < 4.78 is 16.2. The van der Waals surface area contributed by atoms with E-state index in [1.54, 1.807) is 36.4 Å². The zero-order valence-electron chi connectivity index (χ0n) is 17.2. The predicted octanol–water partition coefficient (Wildman–Crippen LogP) is 4.04. The van der Waals surface area contributed by atoms with Crippen molar-refractivity contribution in [3.63, 3.8) is 0 Å². The van der Waals surface area contributed by atoms with Gasteiger partial charge in [-0.3, -0.25) is 4.79 Å². The van der Waals surface area contributed by atoms with E-state index < -0.39 is 5.97 Å². The number of hydrogen-bond acceptors (Lipinski definition) is 6. The van der Waals surface area contributed by atoms with Crippen molar-refractivity contribution in [1.29, 1.82) is 0 Å². The molecular formula is C24H24N2O5. The molecule has 0 saturated heterocycles. The number of amides is 1. The van der Waals surface area contributed by atoms with Crippen LogP contribution < -0.4 is 20.5 Å². The second-order valence-electron chi connectivity index (χ2n) is 6.61. The van der Waals surface area contributed by atoms with Crippen molar-refractivity contribution in [1.82, 2.24) is 0 Å². The molecule has 0 heterocycles. The lowest BCUT2D eigenvalue weighted by Crippen LogP contribution is -2.20. The van der Waals surface area contributed by atoms with Crippen LogP contribution in [0, 0.1) is 0 Å². The van der Waals surface area contributed by atoms with Crippen LogP contribution in [0.15, 0.2) is 72.8 Å². The third-order valence-corrected chi connectivity index (χ3v) is 4.27. The number of ether oxygens (including phenoxy) is 3. The molecule has 1 amide bonds. The molecule has 0 radical (unpaired) electrons. The Morgan fingerprint density at radius 3 is 2.39 bits per heavy atom. The number of nitrogens with one attached hydrogen (secondary N) is 1. The first kappa shape index (κ1) is 21.7. The largest absolute Gasteiger partial charge is 0.494 e. The molecule has 31 heavy (non-hydrogen) atoms. The highest BCUT2D eigenvalue weighted by Gasteiger charge is 2.12. The number of benzene rings is 3. The summed E-state index contributed by atoms with van der Waals surface area (Å²) in [7, 11) is 0. The molecule has 0 atom stereocenters. The molecule has 160 valence electrons. The van der Waals surface area contributed by atoms with E-state index in [1.165, 1.54) is 6.07 Å². The molecule has 0 spiro atoms. The standard InChI is InChI=1S/C24H24N2O5/c1-2-29-20-11-9-19(10-12-20)26-23(27)16-30-22-14-18(8-13-21(22)25)24(28)31-15-17-6-4-3-5-7-17/h3-14H,2,15-16,25H2,1H3,(H,26,27). The summed E-state index contributed by atoms with van der Waals surface area (Å²) in [6.07, 6.45) is 0. The highest BCUT2D eigenvalue weighted by Crippen LogP contribution is 2.24. The second kappa shape index (κ2) is 10.7. The predicted molar refractivity (Wildman–Crippen MR) is 118 cm³/mol. The fraction of sp³-hybridized carbons (Fsp3) is 0.167. The Hall–Kier alpha value is -4.00. The summed E-state index contributed by atoms with van der Waals surface area (Å²) in [4.78, 5) is 24.5. The fourth-order valence-electron chi connectivity index (χ4n) is 2.73. The Kier molecular flexibility index (Phi) is 7.48. The first-order valence-electron chi connectivity index (χ1n) is 9.81. The van der Waals surface area contributed by atoms with Crippen LogP contribution in [0.2, 0.25) is 0 Å². The van der Waals surface area contributed by atoms with Gasteiger partial charge in [0.05, 0.1) is 17.9 Å². The molecule has 7 heteroatoms. The molecule has 3 rings (SSSR count). The van der Waals surface area contributed by atoms with Gasteiger partial charge >= 0.3 is 5.97 Å². The molecule has 7 nitrogen and oxygen atoms in total. The van der Waals surface area contributed by atoms with Gasteiger partial charge in [-0.05, 0) is 55.0 Å². The third-order valence-electron chi connectivity index (χ3n) is 4.27. The van der Waals surface area contributed by atoms with Crippen LogP contribution in [0.25, 0.3) is 0 Å². The summed E-state index contributed by atoms with van der Waals surface area (Å²) in [5.41, 5.74) is 8.01. The van der Waals surface area contributed by atoms with Crippen LogP contribution >= 0.6 is 0 Å². The summed E-state index contributed by atoms with van der Waals surface area (Å²) >= 11 is 0. The SMILES string of the molecule is CCOc1ccc(NC(=O)COc2cc(C(=O)OCc3ccccc3)ccc2N)cc1. The molecule has 0 saturated carbocycles. The molecule has 0 aromatic heterocycles. The molecule has 3 N–H and O–H groups in total. The first-order valence-corrected chi connectivity index (χ1v) is 9.81. The average molecular weight is 420 g/mol. The highest BCUT2D eigenvalue weighted by atomic mass is 16.5. The van der Waals surface area contributed by atoms with Crippen LogP contribution in [-0.4, -0.2) is 25.1 Å². The van der Waals surface area contributed by atoms with Crippen molar-refractivity contribution < 1.29 is 23.8 Å². The van der Waals surface area contributed by atoms with Crippen LogP contribution in [0.1, 0.15) is 22.8 Å². The number of nitrogens with two attached hydrogens (primary N) is 1. The molecule has 0 unspecified atom stereocenters. The molecule has 0 bridgehead atoms. The normalized spacial score (nSPS) is 10.2. The van der Waals surface area contributed by atoms with E-state index in [9.17, 15) is 9.59 Å². The van der Waals surface area contributed by atoms with Crippen molar-refractivity contribution in [2.24, 2.45) is 0 Å². The molecule has 3 aromatic rings. The van der Waals surface area contributed by atoms with Gasteiger partial charge in [-0.1, -0.05) is 30.3 Å². The van der Waals surface area contributed by atoms with Gasteiger partial charge in [0.2, 0.25) is 0 Å². The lowest BCUT2D eigenvalue weighted by molar-refractivity contribution is -0.118. The first-order chi connectivity index (χ1) is 15.0. The van der Waals surface area contributed by atoms with Crippen molar-refractivity contribution in [3.05, 3.63) is 83.9 Å². The summed E-state index contributed by atoms with van der Waals surface area (Å²) in [6, 6.07) is 20.9. The molecule has 0 aliphatic carbocycles. The Morgan fingerprint density at radius 1 is 0.935 bits per heavy atom. The van der Waals surface area contributed by atoms with Crippen LogP contribution in [-0.2, 0) is 16.1 Å². The van der Waals surface area contributed by atoms with E-state index >= 15 is 0 Å². The quantitative estimate of drug-likeness (QED) is 0.400. The number of rotatable bonds is 9. The Morgan fingerprint density at radius 2 is 1.68 bits per heavy atom. The van der Waals surface area contributed by atoms with E-state index in [1.807, 2.05) is 37.3 Å². The monoisotopic (exact) mass is 420 g/mol. The zero-order chi connectivity index (χ0) is 22.1. The van der Waals surface area contributed by atoms with Crippen molar-refractivity contribution in [3.8, 4) is 11.5 Å². The van der Waals surface area contributed by atoms with Gasteiger partial charge in [0.25, 0.3) is 5.91 Å². The summed E-state index contributed by atoms with van der Waals surface area (Å²) in [6.45, 7) is 2.36. The van der Waals surface area contributed by atoms with Crippen molar-refractivity contribution >= 4 is 23.3 Å². The van der Waals surface area contributed by atoms with Gasteiger partial charge in [-0.15, -0.1) is 0 Å². The smallest absolute Gasteiger partial charge is 0.338 e. The van der Waals surface area contributed by atoms with E-state index in [-0.39, 0.29) is 30.4 Å². The molecule has 0 aliphatic rings. The van der Waals surface area contributed by atoms with Gasteiger partial charge in [0.15, 0.2) is 6.61 Å². The maximum atomic E-state index is 12.3. The van der Waals surface area contributed by atoms with Gasteiger partial charge in [-0.25, -0.2) is 4.79 Å². The zero-order valence-corrected chi connectivity index (χ0v) is 17.2. The maximum Gasteiger partial charge on any atom is 0.338 e. The van der Waals surface area contributed by atoms with Crippen molar-refractivity contribution in [2.75, 3.05) is 24.3 Å². The van der Waals surface area contributed by atoms with Crippen LogP contribution in [0.3, 0.4) is 0 Å². The molecule has 0 fully saturated rings. The Bertz CT molecular complexity index is 1020. The van der Waals surface area contributed by atoms with Gasteiger partial charge in [0.1, 0.15) is 18.1 Å². The lowest BCUT2D eigenvalue weighted by Gasteiger charge is -2.11. The van der Waals surface area contributed by atoms with E-state index in [2.05, 4.69) is 5.32 Å². The van der Waals surface area contributed by atoms with E-state index in [4.69, 9.17) is 19.9 Å². The minimum atomic E-state index is -0.507. The third kappa shape index (κ3) is 6.50.